The van der Waals surface area contributed by atoms with Crippen LogP contribution in [0, 0.1) is 48.0 Å². The van der Waals surface area contributed by atoms with E-state index >= 15 is 0 Å². The van der Waals surface area contributed by atoms with E-state index in [9.17, 15) is 77.1 Å². The zero-order chi connectivity index (χ0) is 111. The molecule has 52 heteroatoms. The van der Waals surface area contributed by atoms with Crippen molar-refractivity contribution < 1.29 is 101 Å². The molecule has 1 aliphatic carbocycles. The van der Waals surface area contributed by atoms with Gasteiger partial charge in [-0.1, -0.05) is 120 Å². The number of nitrogens with two attached hydrogens (primary N) is 3. The number of terminal acetylenes is 2. The van der Waals surface area contributed by atoms with Crippen LogP contribution in [0.15, 0.2) is 135 Å². The van der Waals surface area contributed by atoms with Gasteiger partial charge in [-0.25, -0.2) is 41.5 Å². The molecule has 0 spiro atoms. The third-order valence-corrected chi connectivity index (χ3v) is 26.1. The van der Waals surface area contributed by atoms with E-state index in [1.807, 2.05) is 117 Å². The van der Waals surface area contributed by atoms with Crippen molar-refractivity contribution in [3.05, 3.63) is 165 Å². The van der Waals surface area contributed by atoms with Crippen LogP contribution in [0.25, 0.3) is 20.9 Å². The second-order valence-electron chi connectivity index (χ2n) is 27.4. The number of aldehydes is 1. The number of ether oxygens (including phenoxy) is 2. The average molecular weight is 2190 g/mol. The summed E-state index contributed by atoms with van der Waals surface area (Å²) in [5, 5.41) is 24.6. The molecule has 3 aliphatic rings. The second kappa shape index (κ2) is 106. The van der Waals surface area contributed by atoms with Crippen LogP contribution in [-0.2, 0) is 86.1 Å². The molecule has 39 nitrogen and oxygen atoms in total. The number of rotatable bonds is 39. The number of hydroxylamine groups is 2. The summed E-state index contributed by atoms with van der Waals surface area (Å²) in [4.78, 5) is 110. The highest BCUT2D eigenvalue weighted by Crippen LogP contribution is 2.38. The Bertz CT molecular complexity index is 4480. The van der Waals surface area contributed by atoms with Crippen LogP contribution in [0.2, 0.25) is 0 Å². The SMILES string of the molecule is C#CCCC.C#CCNC.CC=O.CCC(=O)CCCNC.CCCCN=[N+]=[N-].CCCSSc1ccccn1.CN.CN=[N+]=[N-].CNCCCON.CNCCN1C(=O)C=CC1=O.CNCCSSc1ccccn1.CNN.COC1C(=O)CCC1=O.CON1C(=O)CC(S(=O)(=O)[O-])C1=O.COc1c(F)c(F)c(S(=O)(=O)[O-])c(F)c1F.CS.CSCP(c1cccc(CN(C)C)c1)c1cccc(CN(C)C)c1. The van der Waals surface area contributed by atoms with Crippen LogP contribution in [-0.4, -0.2) is 302 Å². The fraction of sp³-hybridized carbons (Fsp3) is 0.538. The first-order chi connectivity index (χ1) is 68.2. The van der Waals surface area contributed by atoms with E-state index in [1.165, 1.54) is 84.6 Å². The highest BCUT2D eigenvalue weighted by molar-refractivity contribution is 8.77. The Morgan fingerprint density at radius 1 is 0.692 bits per heavy atom. The largest absolute Gasteiger partial charge is 0.747 e. The van der Waals surface area contributed by atoms with Gasteiger partial charge in [0.2, 0.25) is 11.6 Å². The first kappa shape index (κ1) is 152. The summed E-state index contributed by atoms with van der Waals surface area (Å²) >= 11 is 5.47. The molecule has 2 aromatic heterocycles. The summed E-state index contributed by atoms with van der Waals surface area (Å²) in [5.41, 5.74) is 25.8. The van der Waals surface area contributed by atoms with Gasteiger partial charge in [-0.15, -0.1) is 18.8 Å². The maximum absolute atomic E-state index is 12.9. The molecule has 12 N–H and O–H groups in total. The Morgan fingerprint density at radius 3 is 1.45 bits per heavy atom. The number of ketones is 3. The number of hydrogen-bond acceptors (Lipinski definition) is 39. The van der Waals surface area contributed by atoms with Crippen molar-refractivity contribution in [2.45, 2.75) is 151 Å². The monoisotopic (exact) mass is 2190 g/mol. The molecule has 0 radical (unpaired) electrons. The number of amides is 4. The van der Waals surface area contributed by atoms with E-state index in [0.29, 0.717) is 64.9 Å². The zero-order valence-corrected chi connectivity index (χ0v) is 93.7. The van der Waals surface area contributed by atoms with Crippen LogP contribution in [0.1, 0.15) is 123 Å². The molecule has 8 rings (SSSR count). The topological polar surface area (TPSA) is 574 Å². The quantitative estimate of drug-likeness (QED) is 0.00138. The van der Waals surface area contributed by atoms with E-state index in [-0.39, 0.29) is 36.4 Å². The maximum Gasteiger partial charge on any atom is 0.271 e. The Morgan fingerprint density at radius 2 is 1.15 bits per heavy atom. The summed E-state index contributed by atoms with van der Waals surface area (Å²) in [6.45, 7) is 17.7. The molecule has 1 saturated heterocycles. The molecule has 4 heterocycles. The van der Waals surface area contributed by atoms with E-state index < -0.39 is 83.7 Å². The number of unbranched alkanes of at least 4 members (excludes halogenated alkanes) is 2. The van der Waals surface area contributed by atoms with Gasteiger partial charge >= 0.3 is 0 Å². The molecule has 1 atom stereocenters. The minimum Gasteiger partial charge on any atom is -0.747 e. The number of hydrazine groups is 1. The number of hydrogen-bond donors (Lipinski definition) is 10. The molecule has 812 valence electrons. The van der Waals surface area contributed by atoms with E-state index in [0.717, 1.165) is 107 Å². The smallest absolute Gasteiger partial charge is 0.271 e. The average Bonchev–Trinajstić information content (AvgIpc) is 1.58. The Hall–Kier alpha value is -8.29. The van der Waals surface area contributed by atoms with Crippen molar-refractivity contribution in [3.8, 4) is 30.4 Å². The van der Waals surface area contributed by atoms with E-state index in [2.05, 4.69) is 231 Å². The molecule has 2 aliphatic heterocycles. The first-order valence-corrected chi connectivity index (χ1v) is 55.2. The van der Waals surface area contributed by atoms with Crippen LogP contribution in [0.4, 0.5) is 17.6 Å². The molecular formula is C91H152F4N21O18PS8-2. The van der Waals surface area contributed by atoms with Crippen molar-refractivity contribution in [1.82, 2.24) is 61.7 Å². The molecule has 0 bridgehead atoms. The van der Waals surface area contributed by atoms with Gasteiger partial charge in [0.25, 0.3) is 23.6 Å². The Labute approximate surface area is 872 Å². The fourth-order valence-electron chi connectivity index (χ4n) is 9.33. The molecule has 5 aromatic rings. The predicted octanol–water partition coefficient (Wildman–Crippen LogP) is 11.4. The third-order valence-electron chi connectivity index (χ3n) is 15.5. The summed E-state index contributed by atoms with van der Waals surface area (Å²) in [7, 11) is 22.0. The lowest BCUT2D eigenvalue weighted by atomic mass is 10.2. The number of likely N-dealkylation sites (N-methyl/N-ethyl adjacent to an activating group) is 1. The van der Waals surface area contributed by atoms with Crippen LogP contribution >= 0.6 is 75.5 Å². The minimum absolute atomic E-state index is 0.0810. The number of halogens is 4. The van der Waals surface area contributed by atoms with Crippen LogP contribution in [0.5, 0.6) is 5.75 Å². The van der Waals surface area contributed by atoms with Gasteiger partial charge in [-0.05, 0) is 241 Å². The van der Waals surface area contributed by atoms with Crippen molar-refractivity contribution in [2.75, 3.05) is 188 Å². The predicted molar refractivity (Wildman–Crippen MR) is 577 cm³/mol. The number of carbonyl (C=O) groups excluding carboxylic acids is 8. The standard InChI is InChI=1S/C20H29N2PS.C8H12N2S2.C8H11NS2.C7H4F4O4S.C7H10N2O2.C7H15NO.C6H8O3.C5H7NO6S.C5H8.C4H9N3.C4H12N2O.C4H7N.C2H4O.CH3N3.CH6N2.CH5N.CH4S/c1-21(2)14-17-8-6-10-19(12-17)23(16-24-5)20-11-7-9-18(13-20)15-22(3)4;1-9-6-7-11-12-8-4-2-3-5-10-8;1-2-7-10-11-8-5-3-4-6-9-8;1-15-6-2(8)4(10)7(16(12,13)14)5(11)3(6)9;1-8-4-5-9-6(10)2-3-7(9)11;1-3-7(9)5-4-6-8-2;1-9-6-4(7)2-3-5(6)8;1-12-6-4(7)2-3(5(6)8)13(9,10)11;1-3-5-4-2;1-2-3-4-6-7-5;1-6-3-2-4-7-5;1-3-4-5-2;1-2-3;1-3-4-2;1-3-2;2*1-2/h6-13H,14-16H2,1-5H3;2-5,9H,6-7H2,1H3;3-6H,2,7H2,1H3;1H3,(H,12,13,14);2-3,8H,4-5H2,1H3;8H,3-6H2,1-2H3;6H,2-3H2,1H3;3H,2H2,1H3,(H,9,10,11);1H,4-5H2,2H3;2-4H2,1H3;6H,2-5H2,1H3;1,5H,4H2,2H3;2H,1H3;1H3;3H,2H2,1H3;2H2,1H3;2H,1H3/p-2. The lowest BCUT2D eigenvalue weighted by Gasteiger charge is -2.20. The van der Waals surface area contributed by atoms with Gasteiger partial charge in [0.15, 0.2) is 35.1 Å². The number of aromatic nitrogens is 2. The Kier molecular flexibility index (Phi) is 113. The van der Waals surface area contributed by atoms with E-state index in [4.69, 9.17) is 34.6 Å². The highest BCUT2D eigenvalue weighted by atomic mass is 33.1. The lowest BCUT2D eigenvalue weighted by molar-refractivity contribution is -0.179. The molecule has 1 unspecified atom stereocenters. The van der Waals surface area contributed by atoms with Gasteiger partial charge in [0.05, 0.1) is 33.8 Å². The number of imide groups is 2. The minimum atomic E-state index is -5.67. The number of methoxy groups -OCH3 is 2. The number of Topliss-reactive ketones (excluding diaryl/α,β-unsaturated/α-hetero) is 3. The van der Waals surface area contributed by atoms with Crippen LogP contribution < -0.4 is 64.8 Å². The van der Waals surface area contributed by atoms with Crippen molar-refractivity contribution in [2.24, 2.45) is 27.7 Å². The third kappa shape index (κ3) is 84.5. The maximum atomic E-state index is 12.9. The van der Waals surface area contributed by atoms with Gasteiger partial charge in [0, 0.05) is 137 Å². The normalized spacial score (nSPS) is 12.0. The van der Waals surface area contributed by atoms with Crippen LogP contribution in [0.3, 0.4) is 0 Å². The van der Waals surface area contributed by atoms with Crippen molar-refractivity contribution in [3.63, 3.8) is 0 Å². The van der Waals surface area contributed by atoms with Crippen molar-refractivity contribution in [1.29, 1.82) is 0 Å². The second-order valence-corrected chi connectivity index (χ2v) is 38.7. The summed E-state index contributed by atoms with van der Waals surface area (Å²) in [5.74, 6) is 4.15. The van der Waals surface area contributed by atoms with Gasteiger partial charge in [-0.3, -0.25) is 54.6 Å². The van der Waals surface area contributed by atoms with Gasteiger partial charge in [-0.2, -0.15) is 38.2 Å². The fourth-order valence-corrected chi connectivity index (χ4v) is 18.2. The number of nitrogens with zero attached hydrogens (tertiary/aromatic N) is 12. The number of carbonyl (C=O) groups is 8. The highest BCUT2D eigenvalue weighted by Gasteiger charge is 2.43. The molecule has 1 saturated carbocycles. The number of pyridine rings is 2. The number of nitrogens with one attached hydrogen (secondary N) is 6. The number of benzene rings is 3. The van der Waals surface area contributed by atoms with Crippen molar-refractivity contribution >= 4 is 154 Å². The van der Waals surface area contributed by atoms with E-state index in [1.54, 1.807) is 41.9 Å². The van der Waals surface area contributed by atoms with Gasteiger partial charge < -0.3 is 70.3 Å². The summed E-state index contributed by atoms with van der Waals surface area (Å²) < 4.78 is 123. The summed E-state index contributed by atoms with van der Waals surface area (Å²) in [6, 6.07) is 30.3. The summed E-state index contributed by atoms with van der Waals surface area (Å²) in [6.07, 6.45) is 28.7. The molecule has 3 aromatic carbocycles. The number of thioether (sulfide) groups is 1. The molecule has 2 fully saturated rings. The first-order valence-electron chi connectivity index (χ1n) is 43.8. The number of thiol groups is 1. The molecule has 4 amide bonds. The van der Waals surface area contributed by atoms with Gasteiger partial charge in [0.1, 0.15) is 52.5 Å². The molecule has 143 heavy (non-hydrogen) atoms. The molecular weight excluding hydrogens is 2040 g/mol. The zero-order valence-electron chi connectivity index (χ0n) is 86.2. The lowest BCUT2D eigenvalue weighted by Crippen LogP contribution is -2.35. The number of azide groups is 2. The Balaban J connectivity index is -0.000000198.